The first-order chi connectivity index (χ1) is 8.78. The molecule has 1 nitrogen and oxygen atoms in total. The van der Waals surface area contributed by atoms with E-state index in [2.05, 4.69) is 42.5 Å². The first-order valence-electron chi connectivity index (χ1n) is 5.90. The fourth-order valence-corrected chi connectivity index (χ4v) is 2.48. The Bertz CT molecular complexity index is 588. The molecule has 0 saturated heterocycles. The molecule has 18 heavy (non-hydrogen) atoms. The monoisotopic (exact) mass is 256 g/mol. The third kappa shape index (κ3) is 1.91. The zero-order chi connectivity index (χ0) is 12.5. The smallest absolute Gasteiger partial charge is 0.123 e. The van der Waals surface area contributed by atoms with Crippen molar-refractivity contribution in [3.05, 3.63) is 82.1 Å². The Labute approximate surface area is 112 Å². The number of halogens is 1. The lowest BCUT2D eigenvalue weighted by Crippen LogP contribution is -2.04. The summed E-state index contributed by atoms with van der Waals surface area (Å²) in [5.41, 5.74) is 3.62. The highest BCUT2D eigenvalue weighted by Crippen LogP contribution is 2.36. The van der Waals surface area contributed by atoms with Crippen LogP contribution in [0.1, 0.15) is 11.5 Å². The zero-order valence-corrected chi connectivity index (χ0v) is 10.8. The summed E-state index contributed by atoms with van der Waals surface area (Å²) in [6.07, 6.45) is 10.6. The molecule has 1 unspecified atom stereocenters. The lowest BCUT2D eigenvalue weighted by atomic mass is 9.88. The molecule has 0 radical (unpaired) electrons. The number of benzene rings is 1. The van der Waals surface area contributed by atoms with E-state index in [1.165, 1.54) is 16.7 Å². The van der Waals surface area contributed by atoms with Crippen LogP contribution in [0.5, 0.6) is 0 Å². The summed E-state index contributed by atoms with van der Waals surface area (Å²) in [4.78, 5) is 0. The Kier molecular flexibility index (Phi) is 2.85. The van der Waals surface area contributed by atoms with E-state index in [0.717, 1.165) is 10.8 Å². The van der Waals surface area contributed by atoms with Gasteiger partial charge < -0.3 is 4.74 Å². The van der Waals surface area contributed by atoms with Crippen molar-refractivity contribution in [2.45, 2.75) is 5.92 Å². The van der Waals surface area contributed by atoms with Gasteiger partial charge in [-0.05, 0) is 29.3 Å². The van der Waals surface area contributed by atoms with Crippen LogP contribution in [0.3, 0.4) is 0 Å². The minimum atomic E-state index is 0.243. The summed E-state index contributed by atoms with van der Waals surface area (Å²) in [5, 5.41) is 0.763. The number of allylic oxidation sites excluding steroid dienone is 6. The Morgan fingerprint density at radius 3 is 2.61 bits per heavy atom. The minimum Gasteiger partial charge on any atom is -0.496 e. The quantitative estimate of drug-likeness (QED) is 0.763. The second-order valence-electron chi connectivity index (χ2n) is 4.37. The minimum absolute atomic E-state index is 0.243. The standard InChI is InChI=1S/C16H13ClO/c1-18-16-10-13(9-12-3-2-4-15(12)16)11-5-7-14(17)8-6-11/h2-10,13H,1H3. The SMILES string of the molecule is COC1=CC(c2ccc(Cl)cc2)C=C2C=CC=C21. The van der Waals surface area contributed by atoms with Gasteiger partial charge in [-0.15, -0.1) is 0 Å². The van der Waals surface area contributed by atoms with E-state index >= 15 is 0 Å². The number of fused-ring (bicyclic) bond motifs is 1. The summed E-state index contributed by atoms with van der Waals surface area (Å²) in [6.45, 7) is 0. The molecule has 2 heteroatoms. The molecular formula is C16H13ClO. The fourth-order valence-electron chi connectivity index (χ4n) is 2.35. The summed E-state index contributed by atoms with van der Waals surface area (Å²) in [5.74, 6) is 1.18. The molecular weight excluding hydrogens is 244 g/mol. The van der Waals surface area contributed by atoms with E-state index in [1.54, 1.807) is 7.11 Å². The van der Waals surface area contributed by atoms with Crippen molar-refractivity contribution in [1.29, 1.82) is 0 Å². The van der Waals surface area contributed by atoms with E-state index in [0.29, 0.717) is 0 Å². The van der Waals surface area contributed by atoms with Crippen LogP contribution in [-0.2, 0) is 4.74 Å². The number of hydrogen-bond donors (Lipinski definition) is 0. The highest BCUT2D eigenvalue weighted by atomic mass is 35.5. The lowest BCUT2D eigenvalue weighted by Gasteiger charge is -2.20. The van der Waals surface area contributed by atoms with Crippen LogP contribution in [0.2, 0.25) is 5.02 Å². The second-order valence-corrected chi connectivity index (χ2v) is 4.81. The molecule has 2 aliphatic rings. The molecule has 0 amide bonds. The van der Waals surface area contributed by atoms with Crippen molar-refractivity contribution in [2.75, 3.05) is 7.11 Å². The van der Waals surface area contributed by atoms with Crippen LogP contribution in [0.15, 0.2) is 71.6 Å². The molecule has 0 aromatic heterocycles. The zero-order valence-electron chi connectivity index (χ0n) is 10.1. The Morgan fingerprint density at radius 2 is 1.89 bits per heavy atom. The van der Waals surface area contributed by atoms with E-state index in [4.69, 9.17) is 16.3 Å². The van der Waals surface area contributed by atoms with E-state index in [1.807, 2.05) is 12.1 Å². The number of rotatable bonds is 2. The third-order valence-electron chi connectivity index (χ3n) is 3.28. The van der Waals surface area contributed by atoms with E-state index in [-0.39, 0.29) is 5.92 Å². The average Bonchev–Trinajstić information content (AvgIpc) is 2.86. The second kappa shape index (κ2) is 4.51. The highest BCUT2D eigenvalue weighted by Gasteiger charge is 2.21. The third-order valence-corrected chi connectivity index (χ3v) is 3.53. The predicted molar refractivity (Wildman–Crippen MR) is 74.6 cm³/mol. The van der Waals surface area contributed by atoms with Gasteiger partial charge in [0.25, 0.3) is 0 Å². The van der Waals surface area contributed by atoms with Crippen molar-refractivity contribution >= 4 is 11.6 Å². The van der Waals surface area contributed by atoms with Crippen molar-refractivity contribution in [1.82, 2.24) is 0 Å². The molecule has 0 aliphatic heterocycles. The van der Waals surface area contributed by atoms with E-state index < -0.39 is 0 Å². The molecule has 1 aromatic rings. The van der Waals surface area contributed by atoms with Gasteiger partial charge in [0.2, 0.25) is 0 Å². The molecule has 0 bridgehead atoms. The van der Waals surface area contributed by atoms with Gasteiger partial charge in [0.15, 0.2) is 0 Å². The number of hydrogen-bond acceptors (Lipinski definition) is 1. The lowest BCUT2D eigenvalue weighted by molar-refractivity contribution is 0.299. The molecule has 2 aliphatic carbocycles. The number of ether oxygens (including phenoxy) is 1. The van der Waals surface area contributed by atoms with Crippen molar-refractivity contribution in [3.8, 4) is 0 Å². The van der Waals surface area contributed by atoms with E-state index in [9.17, 15) is 0 Å². The maximum atomic E-state index is 5.92. The topological polar surface area (TPSA) is 9.23 Å². The Balaban J connectivity index is 2.01. The Morgan fingerprint density at radius 1 is 1.11 bits per heavy atom. The summed E-state index contributed by atoms with van der Waals surface area (Å²) in [6, 6.07) is 7.96. The number of methoxy groups -OCH3 is 1. The Hall–Kier alpha value is -1.73. The maximum Gasteiger partial charge on any atom is 0.123 e. The van der Waals surface area contributed by atoms with Crippen LogP contribution >= 0.6 is 11.6 Å². The molecule has 3 rings (SSSR count). The molecule has 1 aromatic carbocycles. The van der Waals surface area contributed by atoms with Crippen LogP contribution in [0, 0.1) is 0 Å². The normalized spacial score (nSPS) is 21.0. The molecule has 0 fully saturated rings. The van der Waals surface area contributed by atoms with Crippen molar-refractivity contribution in [3.63, 3.8) is 0 Å². The van der Waals surface area contributed by atoms with Gasteiger partial charge in [0.1, 0.15) is 5.76 Å². The van der Waals surface area contributed by atoms with Crippen LogP contribution in [0.4, 0.5) is 0 Å². The van der Waals surface area contributed by atoms with Crippen LogP contribution in [-0.4, -0.2) is 7.11 Å². The predicted octanol–water partition coefficient (Wildman–Crippen LogP) is 4.39. The summed E-state index contributed by atoms with van der Waals surface area (Å²) in [7, 11) is 1.72. The van der Waals surface area contributed by atoms with Gasteiger partial charge >= 0.3 is 0 Å². The fraction of sp³-hybridized carbons (Fsp3) is 0.125. The highest BCUT2D eigenvalue weighted by molar-refractivity contribution is 6.30. The van der Waals surface area contributed by atoms with Gasteiger partial charge in [-0.3, -0.25) is 0 Å². The van der Waals surface area contributed by atoms with Crippen molar-refractivity contribution in [2.24, 2.45) is 0 Å². The van der Waals surface area contributed by atoms with Crippen LogP contribution in [0.25, 0.3) is 0 Å². The molecule has 0 heterocycles. The van der Waals surface area contributed by atoms with Crippen LogP contribution < -0.4 is 0 Å². The summed E-state index contributed by atoms with van der Waals surface area (Å²) < 4.78 is 5.47. The molecule has 90 valence electrons. The van der Waals surface area contributed by atoms with Crippen molar-refractivity contribution < 1.29 is 4.74 Å². The first-order valence-corrected chi connectivity index (χ1v) is 6.28. The molecule has 0 N–H and O–H groups in total. The first kappa shape index (κ1) is 11.4. The van der Waals surface area contributed by atoms with Gasteiger partial charge in [-0.1, -0.05) is 48.0 Å². The largest absolute Gasteiger partial charge is 0.496 e. The maximum absolute atomic E-state index is 5.92. The summed E-state index contributed by atoms with van der Waals surface area (Å²) >= 11 is 5.92. The average molecular weight is 257 g/mol. The molecule has 0 spiro atoms. The molecule has 1 atom stereocenters. The van der Waals surface area contributed by atoms with Gasteiger partial charge in [-0.2, -0.15) is 0 Å². The van der Waals surface area contributed by atoms with Gasteiger partial charge in [0, 0.05) is 16.5 Å². The van der Waals surface area contributed by atoms with Gasteiger partial charge in [-0.25, -0.2) is 0 Å². The molecule has 0 saturated carbocycles. The van der Waals surface area contributed by atoms with Gasteiger partial charge in [0.05, 0.1) is 7.11 Å².